The number of aliphatic carboxylic acids is 1. The van der Waals surface area contributed by atoms with Gasteiger partial charge in [0.1, 0.15) is 6.04 Å². The van der Waals surface area contributed by atoms with Crippen LogP contribution in [-0.4, -0.2) is 40.5 Å². The van der Waals surface area contributed by atoms with E-state index >= 15 is 0 Å². The highest BCUT2D eigenvalue weighted by atomic mass is 35.5. The quantitative estimate of drug-likeness (QED) is 0.728. The van der Waals surface area contributed by atoms with E-state index in [1.54, 1.807) is 17.9 Å². The topological polar surface area (TPSA) is 69.6 Å². The van der Waals surface area contributed by atoms with Crippen LogP contribution < -0.4 is 5.32 Å². The van der Waals surface area contributed by atoms with Crippen molar-refractivity contribution in [3.8, 4) is 0 Å². The summed E-state index contributed by atoms with van der Waals surface area (Å²) in [5, 5.41) is 13.0. The molecule has 0 bridgehead atoms. The molecule has 1 aliphatic carbocycles. The van der Waals surface area contributed by atoms with E-state index in [4.69, 9.17) is 11.6 Å². The molecule has 6 heteroatoms. The average molecular weight is 387 g/mol. The van der Waals surface area contributed by atoms with Crippen molar-refractivity contribution in [1.82, 2.24) is 10.2 Å². The van der Waals surface area contributed by atoms with Crippen LogP contribution in [0.5, 0.6) is 0 Å². The van der Waals surface area contributed by atoms with Crippen LogP contribution >= 0.6 is 11.6 Å². The van der Waals surface area contributed by atoms with Crippen LogP contribution in [0.3, 0.4) is 0 Å². The largest absolute Gasteiger partial charge is 0.480 e. The summed E-state index contributed by atoms with van der Waals surface area (Å²) in [5.41, 5.74) is 1.82. The molecule has 2 aromatic rings. The Morgan fingerprint density at radius 3 is 2.41 bits per heavy atom. The van der Waals surface area contributed by atoms with E-state index < -0.39 is 12.0 Å². The molecule has 3 rings (SSSR count). The first-order chi connectivity index (χ1) is 13.0. The second kappa shape index (κ2) is 8.55. The number of nitrogens with one attached hydrogen (secondary N) is 1. The van der Waals surface area contributed by atoms with Crippen LogP contribution in [-0.2, 0) is 9.59 Å². The fourth-order valence-electron chi connectivity index (χ4n) is 3.19. The summed E-state index contributed by atoms with van der Waals surface area (Å²) in [4.78, 5) is 25.9. The van der Waals surface area contributed by atoms with Gasteiger partial charge in [-0.25, -0.2) is 0 Å². The minimum atomic E-state index is -0.913. The summed E-state index contributed by atoms with van der Waals surface area (Å²) in [7, 11) is 0. The van der Waals surface area contributed by atoms with Crippen molar-refractivity contribution in [2.24, 2.45) is 0 Å². The van der Waals surface area contributed by atoms with E-state index in [0.717, 1.165) is 24.0 Å². The zero-order valence-electron chi connectivity index (χ0n) is 15.1. The second-order valence-electron chi connectivity index (χ2n) is 6.88. The Labute approximate surface area is 163 Å². The Bertz CT molecular complexity index is 808. The fraction of sp³-hybridized carbons (Fsp3) is 0.333. The fourth-order valence-corrected chi connectivity index (χ4v) is 3.39. The third-order valence-corrected chi connectivity index (χ3v) is 5.05. The third kappa shape index (κ3) is 5.08. The summed E-state index contributed by atoms with van der Waals surface area (Å²) in [5.74, 6) is -1.12. The minimum absolute atomic E-state index is 0.0576. The van der Waals surface area contributed by atoms with Gasteiger partial charge in [-0.3, -0.25) is 14.5 Å². The van der Waals surface area contributed by atoms with Crippen molar-refractivity contribution in [3.63, 3.8) is 0 Å². The van der Waals surface area contributed by atoms with E-state index in [0.29, 0.717) is 5.02 Å². The third-order valence-electron chi connectivity index (χ3n) is 4.82. The maximum Gasteiger partial charge on any atom is 0.320 e. The van der Waals surface area contributed by atoms with Crippen molar-refractivity contribution in [2.75, 3.05) is 6.54 Å². The molecule has 2 aromatic carbocycles. The standard InChI is InChI=1S/C21H23ClN2O3/c1-14(21(26)27)24(18-10-11-18)13-19(25)23-20(15-6-3-2-4-7-15)16-8-5-9-17(22)12-16/h2-9,12,14,18,20H,10-11,13H2,1H3,(H,23,25)(H,26,27). The van der Waals surface area contributed by atoms with E-state index in [9.17, 15) is 14.7 Å². The lowest BCUT2D eigenvalue weighted by Crippen LogP contribution is -2.47. The van der Waals surface area contributed by atoms with Gasteiger partial charge in [-0.05, 0) is 43.0 Å². The summed E-state index contributed by atoms with van der Waals surface area (Å²) in [6.07, 6.45) is 1.86. The number of carbonyl (C=O) groups excluding carboxylic acids is 1. The molecular formula is C21H23ClN2O3. The Kier molecular flexibility index (Phi) is 6.14. The SMILES string of the molecule is CC(C(=O)O)N(CC(=O)NC(c1ccccc1)c1cccc(Cl)c1)C1CC1. The number of carbonyl (C=O) groups is 2. The molecule has 1 fully saturated rings. The van der Waals surface area contributed by atoms with Gasteiger partial charge >= 0.3 is 5.97 Å². The van der Waals surface area contributed by atoms with Crippen molar-refractivity contribution in [1.29, 1.82) is 0 Å². The minimum Gasteiger partial charge on any atom is -0.480 e. The van der Waals surface area contributed by atoms with Gasteiger partial charge < -0.3 is 10.4 Å². The monoisotopic (exact) mass is 386 g/mol. The Hall–Kier alpha value is -2.37. The van der Waals surface area contributed by atoms with Gasteiger partial charge in [0.05, 0.1) is 12.6 Å². The van der Waals surface area contributed by atoms with Crippen molar-refractivity contribution < 1.29 is 14.7 Å². The van der Waals surface area contributed by atoms with E-state index in [1.807, 2.05) is 48.5 Å². The Morgan fingerprint density at radius 1 is 1.15 bits per heavy atom. The molecule has 2 atom stereocenters. The van der Waals surface area contributed by atoms with Crippen LogP contribution in [0.4, 0.5) is 0 Å². The second-order valence-corrected chi connectivity index (χ2v) is 7.32. The number of carboxylic acids is 1. The lowest BCUT2D eigenvalue weighted by atomic mass is 9.98. The predicted octanol–water partition coefficient (Wildman–Crippen LogP) is 3.48. The van der Waals surface area contributed by atoms with Crippen LogP contribution in [0.25, 0.3) is 0 Å². The lowest BCUT2D eigenvalue weighted by Gasteiger charge is -2.27. The number of amides is 1. The summed E-state index contributed by atoms with van der Waals surface area (Å²) >= 11 is 6.14. The first-order valence-electron chi connectivity index (χ1n) is 9.04. The van der Waals surface area contributed by atoms with Gasteiger partial charge in [0.25, 0.3) is 0 Å². The molecule has 2 N–H and O–H groups in total. The molecule has 0 aliphatic heterocycles. The van der Waals surface area contributed by atoms with Crippen molar-refractivity contribution in [2.45, 2.75) is 37.9 Å². The van der Waals surface area contributed by atoms with Gasteiger partial charge in [0.2, 0.25) is 5.91 Å². The van der Waals surface area contributed by atoms with Gasteiger partial charge in [-0.2, -0.15) is 0 Å². The van der Waals surface area contributed by atoms with Crippen LogP contribution in [0.1, 0.15) is 36.9 Å². The van der Waals surface area contributed by atoms with E-state index in [1.165, 1.54) is 0 Å². The highest BCUT2D eigenvalue weighted by Gasteiger charge is 2.36. The Balaban J connectivity index is 1.79. The summed E-state index contributed by atoms with van der Waals surface area (Å²) < 4.78 is 0. The van der Waals surface area contributed by atoms with E-state index in [-0.39, 0.29) is 24.5 Å². The molecule has 27 heavy (non-hydrogen) atoms. The van der Waals surface area contributed by atoms with Crippen molar-refractivity contribution >= 4 is 23.5 Å². The van der Waals surface area contributed by atoms with Gasteiger partial charge in [0.15, 0.2) is 0 Å². The first kappa shape index (κ1) is 19.4. The molecule has 0 saturated heterocycles. The lowest BCUT2D eigenvalue weighted by molar-refractivity contribution is -0.143. The van der Waals surface area contributed by atoms with Gasteiger partial charge in [-0.15, -0.1) is 0 Å². The number of rotatable bonds is 8. The maximum atomic E-state index is 12.8. The molecule has 1 aliphatic rings. The zero-order valence-corrected chi connectivity index (χ0v) is 15.9. The predicted molar refractivity (Wildman–Crippen MR) is 105 cm³/mol. The van der Waals surface area contributed by atoms with Gasteiger partial charge in [0, 0.05) is 11.1 Å². The Morgan fingerprint density at radius 2 is 1.81 bits per heavy atom. The number of hydrogen-bond acceptors (Lipinski definition) is 3. The average Bonchev–Trinajstić information content (AvgIpc) is 3.49. The van der Waals surface area contributed by atoms with Gasteiger partial charge in [-0.1, -0.05) is 54.1 Å². The van der Waals surface area contributed by atoms with Crippen molar-refractivity contribution in [3.05, 3.63) is 70.7 Å². The summed E-state index contributed by atoms with van der Waals surface area (Å²) in [6, 6.07) is 16.2. The smallest absolute Gasteiger partial charge is 0.320 e. The van der Waals surface area contributed by atoms with E-state index in [2.05, 4.69) is 5.32 Å². The zero-order chi connectivity index (χ0) is 19.4. The molecule has 2 unspecified atom stereocenters. The molecular weight excluding hydrogens is 364 g/mol. The molecule has 0 radical (unpaired) electrons. The summed E-state index contributed by atoms with van der Waals surface area (Å²) in [6.45, 7) is 1.68. The van der Waals surface area contributed by atoms with Crippen LogP contribution in [0.2, 0.25) is 5.02 Å². The number of benzene rings is 2. The number of hydrogen-bond donors (Lipinski definition) is 2. The normalized spacial score (nSPS) is 16.0. The molecule has 0 aromatic heterocycles. The molecule has 0 heterocycles. The highest BCUT2D eigenvalue weighted by Crippen LogP contribution is 2.29. The first-order valence-corrected chi connectivity index (χ1v) is 9.42. The molecule has 5 nitrogen and oxygen atoms in total. The molecule has 1 amide bonds. The van der Waals surface area contributed by atoms with Crippen LogP contribution in [0.15, 0.2) is 54.6 Å². The molecule has 142 valence electrons. The number of carboxylic acid groups (broad SMARTS) is 1. The van der Waals surface area contributed by atoms with Crippen LogP contribution in [0, 0.1) is 0 Å². The highest BCUT2D eigenvalue weighted by molar-refractivity contribution is 6.30. The molecule has 1 saturated carbocycles. The number of halogens is 1. The molecule has 0 spiro atoms. The maximum absolute atomic E-state index is 12.8. The number of nitrogens with zero attached hydrogens (tertiary/aromatic N) is 1.